The summed E-state index contributed by atoms with van der Waals surface area (Å²) in [5, 5.41) is 13.5. The molecular formula is C13H10N4O2. The van der Waals surface area contributed by atoms with E-state index in [2.05, 4.69) is 15.1 Å². The van der Waals surface area contributed by atoms with Gasteiger partial charge < -0.3 is 5.11 Å². The van der Waals surface area contributed by atoms with Crippen LogP contribution < -0.4 is 0 Å². The SMILES string of the molecule is Cc1nc2ccc(-c3cccnc3)nn2c1C(=O)O. The molecule has 94 valence electrons. The van der Waals surface area contributed by atoms with Crippen LogP contribution in [0.2, 0.25) is 0 Å². The van der Waals surface area contributed by atoms with Gasteiger partial charge in [0.15, 0.2) is 11.3 Å². The van der Waals surface area contributed by atoms with Gasteiger partial charge in [0.25, 0.3) is 0 Å². The number of aryl methyl sites for hydroxylation is 1. The highest BCUT2D eigenvalue weighted by molar-refractivity contribution is 5.88. The van der Waals surface area contributed by atoms with Crippen LogP contribution in [0.5, 0.6) is 0 Å². The van der Waals surface area contributed by atoms with Crippen LogP contribution in [-0.2, 0) is 0 Å². The fraction of sp³-hybridized carbons (Fsp3) is 0.0769. The molecule has 0 aliphatic rings. The molecule has 0 amide bonds. The number of aromatic carboxylic acids is 1. The standard InChI is InChI=1S/C13H10N4O2/c1-8-12(13(18)19)17-11(15-8)5-4-10(16-17)9-3-2-6-14-7-9/h2-7H,1H3,(H,18,19). The Kier molecular flexibility index (Phi) is 2.49. The van der Waals surface area contributed by atoms with Crippen LogP contribution in [0.4, 0.5) is 0 Å². The van der Waals surface area contributed by atoms with Crippen molar-refractivity contribution in [1.82, 2.24) is 19.6 Å². The van der Waals surface area contributed by atoms with Crippen LogP contribution in [0.1, 0.15) is 16.2 Å². The van der Waals surface area contributed by atoms with Crippen molar-refractivity contribution < 1.29 is 9.90 Å². The van der Waals surface area contributed by atoms with Crippen LogP contribution in [0, 0.1) is 6.92 Å². The van der Waals surface area contributed by atoms with Gasteiger partial charge in [0.2, 0.25) is 0 Å². The first-order chi connectivity index (χ1) is 9.16. The summed E-state index contributed by atoms with van der Waals surface area (Å²) < 4.78 is 1.35. The molecule has 0 atom stereocenters. The Bertz CT molecular complexity index is 765. The number of carboxylic acids is 1. The number of rotatable bonds is 2. The number of hydrogen-bond acceptors (Lipinski definition) is 4. The van der Waals surface area contributed by atoms with Crippen molar-refractivity contribution in [3.8, 4) is 11.3 Å². The van der Waals surface area contributed by atoms with Gasteiger partial charge in [-0.05, 0) is 31.2 Å². The molecule has 0 radical (unpaired) electrons. The minimum Gasteiger partial charge on any atom is -0.476 e. The zero-order valence-corrected chi connectivity index (χ0v) is 10.1. The van der Waals surface area contributed by atoms with E-state index in [1.807, 2.05) is 6.07 Å². The Morgan fingerprint density at radius 2 is 2.16 bits per heavy atom. The number of nitrogens with zero attached hydrogens (tertiary/aromatic N) is 4. The molecule has 3 aromatic heterocycles. The largest absolute Gasteiger partial charge is 0.476 e. The number of imidazole rings is 1. The highest BCUT2D eigenvalue weighted by Gasteiger charge is 2.17. The molecule has 3 heterocycles. The number of hydrogen-bond donors (Lipinski definition) is 1. The second-order valence-electron chi connectivity index (χ2n) is 4.08. The van der Waals surface area contributed by atoms with Gasteiger partial charge in [0.1, 0.15) is 0 Å². The van der Waals surface area contributed by atoms with Crippen LogP contribution >= 0.6 is 0 Å². The van der Waals surface area contributed by atoms with E-state index in [4.69, 9.17) is 0 Å². The van der Waals surface area contributed by atoms with E-state index in [0.29, 0.717) is 17.0 Å². The van der Waals surface area contributed by atoms with Crippen LogP contribution in [-0.4, -0.2) is 30.7 Å². The Balaban J connectivity index is 2.25. The smallest absolute Gasteiger partial charge is 0.356 e. The normalized spacial score (nSPS) is 10.8. The third-order valence-corrected chi connectivity index (χ3v) is 2.81. The van der Waals surface area contributed by atoms with Gasteiger partial charge in [-0.1, -0.05) is 0 Å². The lowest BCUT2D eigenvalue weighted by Gasteiger charge is -2.02. The van der Waals surface area contributed by atoms with Crippen LogP contribution in [0.3, 0.4) is 0 Å². The average molecular weight is 254 g/mol. The molecule has 0 spiro atoms. The molecule has 0 saturated carbocycles. The Labute approximate surface area is 108 Å². The van der Waals surface area contributed by atoms with Gasteiger partial charge in [0, 0.05) is 18.0 Å². The maximum Gasteiger partial charge on any atom is 0.356 e. The molecular weight excluding hydrogens is 244 g/mol. The average Bonchev–Trinajstić information content (AvgIpc) is 2.74. The van der Waals surface area contributed by atoms with Gasteiger partial charge in [-0.3, -0.25) is 4.98 Å². The summed E-state index contributed by atoms with van der Waals surface area (Å²) in [5.41, 5.74) is 2.53. The van der Waals surface area contributed by atoms with Gasteiger partial charge in [-0.2, -0.15) is 5.10 Å². The molecule has 0 aliphatic carbocycles. The zero-order valence-electron chi connectivity index (χ0n) is 10.1. The molecule has 0 aromatic carbocycles. The third kappa shape index (κ3) is 1.83. The van der Waals surface area contributed by atoms with Crippen molar-refractivity contribution in [2.24, 2.45) is 0 Å². The topological polar surface area (TPSA) is 80.4 Å². The Morgan fingerprint density at radius 3 is 2.84 bits per heavy atom. The molecule has 19 heavy (non-hydrogen) atoms. The summed E-state index contributed by atoms with van der Waals surface area (Å²) in [6.45, 7) is 1.65. The first kappa shape index (κ1) is 11.3. The van der Waals surface area contributed by atoms with Crippen LogP contribution in [0.15, 0.2) is 36.7 Å². The van der Waals surface area contributed by atoms with Crippen molar-refractivity contribution in [2.75, 3.05) is 0 Å². The molecule has 0 aliphatic heterocycles. The van der Waals surface area contributed by atoms with Crippen molar-refractivity contribution >= 4 is 11.6 Å². The van der Waals surface area contributed by atoms with E-state index >= 15 is 0 Å². The lowest BCUT2D eigenvalue weighted by Crippen LogP contribution is -2.06. The lowest BCUT2D eigenvalue weighted by molar-refractivity contribution is 0.0687. The van der Waals surface area contributed by atoms with Gasteiger partial charge in [0.05, 0.1) is 11.4 Å². The number of aromatic nitrogens is 4. The van der Waals surface area contributed by atoms with Crippen molar-refractivity contribution in [3.63, 3.8) is 0 Å². The first-order valence-electron chi connectivity index (χ1n) is 5.67. The maximum atomic E-state index is 11.2. The maximum absolute atomic E-state index is 11.2. The Morgan fingerprint density at radius 1 is 1.32 bits per heavy atom. The van der Waals surface area contributed by atoms with E-state index in [1.54, 1.807) is 37.5 Å². The highest BCUT2D eigenvalue weighted by Crippen LogP contribution is 2.18. The van der Waals surface area contributed by atoms with E-state index in [1.165, 1.54) is 4.52 Å². The molecule has 3 aromatic rings. The minimum atomic E-state index is -1.04. The van der Waals surface area contributed by atoms with E-state index in [-0.39, 0.29) is 5.69 Å². The van der Waals surface area contributed by atoms with Crippen LogP contribution in [0.25, 0.3) is 16.9 Å². The molecule has 1 N–H and O–H groups in total. The fourth-order valence-electron chi connectivity index (χ4n) is 1.96. The summed E-state index contributed by atoms with van der Waals surface area (Å²) in [7, 11) is 0. The van der Waals surface area contributed by atoms with Gasteiger partial charge in [-0.25, -0.2) is 14.3 Å². The van der Waals surface area contributed by atoms with Crippen molar-refractivity contribution in [2.45, 2.75) is 6.92 Å². The second-order valence-corrected chi connectivity index (χ2v) is 4.08. The third-order valence-electron chi connectivity index (χ3n) is 2.81. The highest BCUT2D eigenvalue weighted by atomic mass is 16.4. The minimum absolute atomic E-state index is 0.0840. The summed E-state index contributed by atoms with van der Waals surface area (Å²) >= 11 is 0. The molecule has 0 saturated heterocycles. The summed E-state index contributed by atoms with van der Waals surface area (Å²) in [4.78, 5) is 19.4. The van der Waals surface area contributed by atoms with E-state index < -0.39 is 5.97 Å². The summed E-state index contributed by atoms with van der Waals surface area (Å²) in [6.07, 6.45) is 3.35. The van der Waals surface area contributed by atoms with E-state index in [9.17, 15) is 9.90 Å². The molecule has 0 bridgehead atoms. The number of carboxylic acid groups (broad SMARTS) is 1. The summed E-state index contributed by atoms with van der Waals surface area (Å²) in [6, 6.07) is 7.21. The second kappa shape index (κ2) is 4.16. The summed E-state index contributed by atoms with van der Waals surface area (Å²) in [5.74, 6) is -1.04. The molecule has 6 heteroatoms. The zero-order chi connectivity index (χ0) is 13.4. The quantitative estimate of drug-likeness (QED) is 0.754. The molecule has 0 unspecified atom stereocenters. The van der Waals surface area contributed by atoms with Crippen molar-refractivity contribution in [3.05, 3.63) is 48.0 Å². The predicted octanol–water partition coefficient (Wildman–Crippen LogP) is 1.80. The van der Waals surface area contributed by atoms with E-state index in [0.717, 1.165) is 5.56 Å². The van der Waals surface area contributed by atoms with Crippen molar-refractivity contribution in [1.29, 1.82) is 0 Å². The number of fused-ring (bicyclic) bond motifs is 1. The molecule has 0 fully saturated rings. The number of pyridine rings is 1. The first-order valence-corrected chi connectivity index (χ1v) is 5.67. The lowest BCUT2D eigenvalue weighted by atomic mass is 10.2. The fourth-order valence-corrected chi connectivity index (χ4v) is 1.96. The monoisotopic (exact) mass is 254 g/mol. The Hall–Kier alpha value is -2.76. The van der Waals surface area contributed by atoms with Gasteiger partial charge >= 0.3 is 5.97 Å². The molecule has 6 nitrogen and oxygen atoms in total. The predicted molar refractivity (Wildman–Crippen MR) is 67.9 cm³/mol. The number of carbonyl (C=O) groups is 1. The van der Waals surface area contributed by atoms with Gasteiger partial charge in [-0.15, -0.1) is 0 Å². The molecule has 3 rings (SSSR count).